The van der Waals surface area contributed by atoms with E-state index in [9.17, 15) is 10.1 Å². The summed E-state index contributed by atoms with van der Waals surface area (Å²) in [4.78, 5) is 27.8. The Morgan fingerprint density at radius 2 is 2.00 bits per heavy atom. The molecule has 2 aromatic heterocycles. The summed E-state index contributed by atoms with van der Waals surface area (Å²) in [6, 6.07) is 11.4. The average molecular weight is 486 g/mol. The second-order valence-corrected chi connectivity index (χ2v) is 8.94. The van der Waals surface area contributed by atoms with Crippen molar-refractivity contribution in [2.24, 2.45) is 0 Å². The molecule has 0 atom stereocenters. The summed E-state index contributed by atoms with van der Waals surface area (Å²) in [5.41, 5.74) is 3.37. The molecule has 0 unspecified atom stereocenters. The van der Waals surface area contributed by atoms with Gasteiger partial charge in [-0.1, -0.05) is 0 Å². The summed E-state index contributed by atoms with van der Waals surface area (Å²) in [6.07, 6.45) is 7.21. The molecule has 9 heteroatoms. The number of likely N-dealkylation sites (tertiary alicyclic amines) is 1. The summed E-state index contributed by atoms with van der Waals surface area (Å²) in [6.45, 7) is 2.53. The second kappa shape index (κ2) is 10.8. The first-order valence-corrected chi connectivity index (χ1v) is 12.0. The second-order valence-electron chi connectivity index (χ2n) is 8.94. The molecule has 4 heterocycles. The zero-order valence-electron chi connectivity index (χ0n) is 20.1. The Balaban J connectivity index is 1.30. The number of hydrogen-bond donors (Lipinski definition) is 0. The molecular formula is C27H27N5O4. The lowest BCUT2D eigenvalue weighted by Gasteiger charge is -2.38. The normalized spacial score (nSPS) is 16.3. The van der Waals surface area contributed by atoms with Crippen molar-refractivity contribution in [1.29, 1.82) is 5.26 Å². The Morgan fingerprint density at radius 3 is 2.78 bits per heavy atom. The smallest absolute Gasteiger partial charge is 0.255 e. The van der Waals surface area contributed by atoms with E-state index in [4.69, 9.17) is 19.2 Å². The number of benzene rings is 1. The van der Waals surface area contributed by atoms with Crippen LogP contribution >= 0.6 is 0 Å². The molecule has 9 nitrogen and oxygen atoms in total. The van der Waals surface area contributed by atoms with E-state index in [0.29, 0.717) is 61.1 Å². The van der Waals surface area contributed by atoms with Gasteiger partial charge >= 0.3 is 0 Å². The highest BCUT2D eigenvalue weighted by Crippen LogP contribution is 2.28. The van der Waals surface area contributed by atoms with Gasteiger partial charge in [-0.3, -0.25) is 9.78 Å². The molecule has 2 aliphatic heterocycles. The molecule has 184 valence electrons. The van der Waals surface area contributed by atoms with Crippen molar-refractivity contribution in [3.63, 3.8) is 0 Å². The van der Waals surface area contributed by atoms with E-state index in [2.05, 4.69) is 16.0 Å². The molecule has 0 aliphatic carbocycles. The minimum atomic E-state index is -0.0561. The molecule has 0 N–H and O–H groups in total. The fraction of sp³-hybridized carbons (Fsp3) is 0.370. The van der Waals surface area contributed by atoms with E-state index >= 15 is 0 Å². The van der Waals surface area contributed by atoms with Crippen molar-refractivity contribution in [2.45, 2.75) is 31.5 Å². The molecule has 5 rings (SSSR count). The van der Waals surface area contributed by atoms with Gasteiger partial charge in [-0.05, 0) is 35.9 Å². The van der Waals surface area contributed by atoms with Crippen molar-refractivity contribution < 1.29 is 19.0 Å². The SMILES string of the molecule is COC1CN(C(=O)c2cncc(Cc3nccc(-c4ccc(OC5CCOCC5)c(C#N)c4)n3)c2)C1. The third-order valence-electron chi connectivity index (χ3n) is 6.44. The Hall–Kier alpha value is -3.87. The van der Waals surface area contributed by atoms with Gasteiger partial charge in [0.05, 0.1) is 36.1 Å². The van der Waals surface area contributed by atoms with Crippen LogP contribution in [-0.4, -0.2) is 71.4 Å². The van der Waals surface area contributed by atoms with Crippen molar-refractivity contribution in [1.82, 2.24) is 19.9 Å². The third-order valence-corrected chi connectivity index (χ3v) is 6.44. The minimum absolute atomic E-state index is 0.0561. The standard InChI is InChI=1S/C27H27N5O4/c1-34-23-16-32(17-23)27(33)21-10-18(14-29-15-21)11-26-30-7-4-24(31-26)19-2-3-25(20(12-19)13-28)36-22-5-8-35-9-6-22/h2-4,7,10,12,14-15,22-23H,5-6,8-9,11,16-17H2,1H3. The largest absolute Gasteiger partial charge is 0.489 e. The topological polar surface area (TPSA) is 110 Å². The maximum absolute atomic E-state index is 12.7. The van der Waals surface area contributed by atoms with E-state index in [1.807, 2.05) is 24.3 Å². The van der Waals surface area contributed by atoms with E-state index < -0.39 is 0 Å². The van der Waals surface area contributed by atoms with Crippen LogP contribution in [0.4, 0.5) is 0 Å². The fourth-order valence-corrected chi connectivity index (χ4v) is 4.32. The highest BCUT2D eigenvalue weighted by molar-refractivity contribution is 5.94. The molecule has 2 aliphatic rings. The number of carbonyl (C=O) groups excluding carboxylic acids is 1. The molecule has 1 amide bonds. The van der Waals surface area contributed by atoms with Crippen molar-refractivity contribution in [2.75, 3.05) is 33.4 Å². The number of pyridine rings is 1. The predicted octanol–water partition coefficient (Wildman–Crippen LogP) is 3.03. The number of nitriles is 1. The zero-order valence-corrected chi connectivity index (χ0v) is 20.1. The van der Waals surface area contributed by atoms with Crippen molar-refractivity contribution in [3.8, 4) is 23.1 Å². The summed E-state index contributed by atoms with van der Waals surface area (Å²) >= 11 is 0. The van der Waals surface area contributed by atoms with E-state index in [-0.39, 0.29) is 18.1 Å². The lowest BCUT2D eigenvalue weighted by Crippen LogP contribution is -2.54. The van der Waals surface area contributed by atoms with Gasteiger partial charge in [-0.25, -0.2) is 9.97 Å². The van der Waals surface area contributed by atoms with Gasteiger partial charge in [0.2, 0.25) is 0 Å². The highest BCUT2D eigenvalue weighted by Gasteiger charge is 2.31. The van der Waals surface area contributed by atoms with Gasteiger partial charge in [0.25, 0.3) is 5.91 Å². The number of nitrogens with zero attached hydrogens (tertiary/aromatic N) is 5. The molecule has 1 aromatic carbocycles. The molecule has 0 spiro atoms. The van der Waals surface area contributed by atoms with Gasteiger partial charge in [0.1, 0.15) is 23.7 Å². The number of aromatic nitrogens is 3. The zero-order chi connectivity index (χ0) is 24.9. The van der Waals surface area contributed by atoms with Crippen molar-refractivity contribution >= 4 is 5.91 Å². The van der Waals surface area contributed by atoms with Crippen LogP contribution in [0.5, 0.6) is 5.75 Å². The Kier molecular flexibility index (Phi) is 7.16. The summed E-state index contributed by atoms with van der Waals surface area (Å²) in [7, 11) is 1.65. The fourth-order valence-electron chi connectivity index (χ4n) is 4.32. The van der Waals surface area contributed by atoms with Gasteiger partial charge in [-0.15, -0.1) is 0 Å². The summed E-state index contributed by atoms with van der Waals surface area (Å²) in [5.74, 6) is 1.12. The van der Waals surface area contributed by atoms with Crippen molar-refractivity contribution in [3.05, 3.63) is 71.4 Å². The molecular weight excluding hydrogens is 458 g/mol. The first kappa shape index (κ1) is 23.9. The first-order chi connectivity index (χ1) is 17.6. The lowest BCUT2D eigenvalue weighted by molar-refractivity contribution is -0.0192. The quantitative estimate of drug-likeness (QED) is 0.502. The maximum atomic E-state index is 12.7. The van der Waals surface area contributed by atoms with E-state index in [0.717, 1.165) is 24.0 Å². The van der Waals surface area contributed by atoms with Crippen LogP contribution in [0.25, 0.3) is 11.3 Å². The predicted molar refractivity (Wildman–Crippen MR) is 130 cm³/mol. The number of carbonyl (C=O) groups is 1. The van der Waals surface area contributed by atoms with Crippen LogP contribution in [0, 0.1) is 11.3 Å². The Labute approximate surface area is 209 Å². The van der Waals surface area contributed by atoms with Crippen LogP contribution in [0.3, 0.4) is 0 Å². The van der Waals surface area contributed by atoms with Gasteiger partial charge in [0, 0.05) is 63.6 Å². The van der Waals surface area contributed by atoms with E-state index in [1.54, 1.807) is 36.7 Å². The van der Waals surface area contributed by atoms with Gasteiger partial charge in [0.15, 0.2) is 0 Å². The van der Waals surface area contributed by atoms with Crippen LogP contribution < -0.4 is 4.74 Å². The number of ether oxygens (including phenoxy) is 3. The highest BCUT2D eigenvalue weighted by atomic mass is 16.5. The Bertz CT molecular complexity index is 1280. The summed E-state index contributed by atoms with van der Waals surface area (Å²) in [5, 5.41) is 9.70. The third kappa shape index (κ3) is 5.35. The lowest BCUT2D eigenvalue weighted by atomic mass is 10.1. The van der Waals surface area contributed by atoms with E-state index in [1.165, 1.54) is 0 Å². The maximum Gasteiger partial charge on any atom is 0.255 e. The number of rotatable bonds is 7. The molecule has 0 radical (unpaired) electrons. The van der Waals surface area contributed by atoms with Crippen LogP contribution in [0.1, 0.15) is 40.2 Å². The van der Waals surface area contributed by atoms with Crippen LogP contribution in [-0.2, 0) is 15.9 Å². The Morgan fingerprint density at radius 1 is 1.17 bits per heavy atom. The van der Waals surface area contributed by atoms with Crippen LogP contribution in [0.2, 0.25) is 0 Å². The van der Waals surface area contributed by atoms with Crippen LogP contribution in [0.15, 0.2) is 48.9 Å². The monoisotopic (exact) mass is 485 g/mol. The first-order valence-electron chi connectivity index (χ1n) is 12.0. The average Bonchev–Trinajstić information content (AvgIpc) is 2.89. The molecule has 0 bridgehead atoms. The molecule has 0 saturated carbocycles. The molecule has 3 aromatic rings. The summed E-state index contributed by atoms with van der Waals surface area (Å²) < 4.78 is 16.7. The number of methoxy groups -OCH3 is 1. The number of hydrogen-bond acceptors (Lipinski definition) is 8. The van der Waals surface area contributed by atoms with Gasteiger partial charge in [-0.2, -0.15) is 5.26 Å². The molecule has 2 fully saturated rings. The minimum Gasteiger partial charge on any atom is -0.489 e. The molecule has 36 heavy (non-hydrogen) atoms. The molecule has 2 saturated heterocycles. The number of amides is 1. The van der Waals surface area contributed by atoms with Gasteiger partial charge < -0.3 is 19.1 Å².